The van der Waals surface area contributed by atoms with E-state index in [1.807, 2.05) is 24.3 Å². The van der Waals surface area contributed by atoms with E-state index in [4.69, 9.17) is 0 Å². The number of benzene rings is 1. The first kappa shape index (κ1) is 9.93. The molecule has 0 atom stereocenters. The van der Waals surface area contributed by atoms with Crippen LogP contribution in [0.15, 0.2) is 30.8 Å². The lowest BCUT2D eigenvalue weighted by molar-refractivity contribution is 0.0606. The van der Waals surface area contributed by atoms with Crippen LogP contribution in [-0.2, 0) is 4.74 Å². The van der Waals surface area contributed by atoms with Crippen LogP contribution in [0.25, 0.3) is 16.2 Å². The van der Waals surface area contributed by atoms with Crippen molar-refractivity contribution in [2.75, 3.05) is 7.11 Å². The fraction of sp³-hybridized carbons (Fsp3) is 0.0833. The third-order valence-corrected chi connectivity index (χ3v) is 3.24. The van der Waals surface area contributed by atoms with E-state index in [9.17, 15) is 4.79 Å². The monoisotopic (exact) mass is 218 g/mol. The van der Waals surface area contributed by atoms with Gasteiger partial charge in [0.05, 0.1) is 7.11 Å². The number of methoxy groups -OCH3 is 1. The summed E-state index contributed by atoms with van der Waals surface area (Å²) in [6.07, 6.45) is 1.79. The van der Waals surface area contributed by atoms with Crippen LogP contribution in [0.2, 0.25) is 0 Å². The fourth-order valence-electron chi connectivity index (χ4n) is 1.38. The molecule has 0 aliphatic rings. The van der Waals surface area contributed by atoms with Crippen molar-refractivity contribution in [1.29, 1.82) is 0 Å². The predicted octanol–water partition coefficient (Wildman–Crippen LogP) is 3.33. The number of carbonyl (C=O) groups excluding carboxylic acids is 1. The second-order valence-corrected chi connectivity index (χ2v) is 4.19. The number of hydrogen-bond donors (Lipinski definition) is 0. The maximum atomic E-state index is 11.3. The highest BCUT2D eigenvalue weighted by Gasteiger charge is 2.09. The van der Waals surface area contributed by atoms with Gasteiger partial charge >= 0.3 is 5.97 Å². The Morgan fingerprint density at radius 1 is 1.47 bits per heavy atom. The molecule has 3 heteroatoms. The van der Waals surface area contributed by atoms with Gasteiger partial charge in [0, 0.05) is 4.70 Å². The molecule has 0 bridgehead atoms. The number of rotatable bonds is 2. The van der Waals surface area contributed by atoms with Gasteiger partial charge in [0.25, 0.3) is 0 Å². The molecule has 1 aromatic carbocycles. The summed E-state index contributed by atoms with van der Waals surface area (Å²) in [4.78, 5) is 11.9. The molecular weight excluding hydrogens is 208 g/mol. The molecule has 15 heavy (non-hydrogen) atoms. The molecule has 0 aliphatic carbocycles. The van der Waals surface area contributed by atoms with E-state index >= 15 is 0 Å². The second-order valence-electron chi connectivity index (χ2n) is 3.10. The average Bonchev–Trinajstić information content (AvgIpc) is 2.70. The van der Waals surface area contributed by atoms with Gasteiger partial charge in [-0.1, -0.05) is 24.8 Å². The van der Waals surface area contributed by atoms with Crippen molar-refractivity contribution in [2.24, 2.45) is 0 Å². The average molecular weight is 218 g/mol. The van der Waals surface area contributed by atoms with Gasteiger partial charge < -0.3 is 4.74 Å². The highest BCUT2D eigenvalue weighted by atomic mass is 32.1. The standard InChI is InChI=1S/C12H10O2S/c1-3-8-4-5-9-7-11(12(13)14-2)15-10(9)6-8/h3-7H,1H2,2H3. The van der Waals surface area contributed by atoms with Gasteiger partial charge in [0.1, 0.15) is 4.88 Å². The molecule has 2 rings (SSSR count). The number of carbonyl (C=O) groups is 1. The second kappa shape index (κ2) is 3.87. The highest BCUT2D eigenvalue weighted by molar-refractivity contribution is 7.20. The zero-order chi connectivity index (χ0) is 10.8. The molecule has 0 saturated carbocycles. The van der Waals surface area contributed by atoms with Gasteiger partial charge in [0.15, 0.2) is 0 Å². The zero-order valence-electron chi connectivity index (χ0n) is 8.32. The first-order valence-corrected chi connectivity index (χ1v) is 5.30. The molecule has 0 N–H and O–H groups in total. The van der Waals surface area contributed by atoms with Crippen LogP contribution in [0.4, 0.5) is 0 Å². The third-order valence-electron chi connectivity index (χ3n) is 2.17. The van der Waals surface area contributed by atoms with Crippen molar-refractivity contribution < 1.29 is 9.53 Å². The molecule has 76 valence electrons. The van der Waals surface area contributed by atoms with Crippen LogP contribution in [0.3, 0.4) is 0 Å². The Kier molecular flexibility index (Phi) is 2.56. The molecule has 2 aromatic rings. The van der Waals surface area contributed by atoms with E-state index in [1.54, 1.807) is 6.08 Å². The van der Waals surface area contributed by atoms with Crippen molar-refractivity contribution >= 4 is 33.5 Å². The Labute approximate surface area is 91.8 Å². The quantitative estimate of drug-likeness (QED) is 0.723. The zero-order valence-corrected chi connectivity index (χ0v) is 9.14. The summed E-state index contributed by atoms with van der Waals surface area (Å²) in [5.41, 5.74) is 1.06. The summed E-state index contributed by atoms with van der Waals surface area (Å²) in [5.74, 6) is -0.281. The minimum atomic E-state index is -0.281. The first-order chi connectivity index (χ1) is 7.24. The van der Waals surface area contributed by atoms with Crippen LogP contribution in [0.5, 0.6) is 0 Å². The summed E-state index contributed by atoms with van der Waals surface area (Å²) in [7, 11) is 1.39. The van der Waals surface area contributed by atoms with Gasteiger partial charge in [-0.25, -0.2) is 4.79 Å². The maximum Gasteiger partial charge on any atom is 0.348 e. The van der Waals surface area contributed by atoms with Crippen molar-refractivity contribution in [3.8, 4) is 0 Å². The van der Waals surface area contributed by atoms with E-state index < -0.39 is 0 Å². The van der Waals surface area contributed by atoms with E-state index in [0.717, 1.165) is 15.6 Å². The summed E-state index contributed by atoms with van der Waals surface area (Å²) in [5, 5.41) is 1.06. The van der Waals surface area contributed by atoms with Crippen molar-refractivity contribution in [1.82, 2.24) is 0 Å². The molecule has 2 nitrogen and oxygen atoms in total. The van der Waals surface area contributed by atoms with E-state index in [2.05, 4.69) is 11.3 Å². The van der Waals surface area contributed by atoms with Gasteiger partial charge in [0.2, 0.25) is 0 Å². The number of ether oxygens (including phenoxy) is 1. The molecule has 0 unspecified atom stereocenters. The molecular formula is C12H10O2S. The minimum absolute atomic E-state index is 0.281. The van der Waals surface area contributed by atoms with Crippen LogP contribution in [0, 0.1) is 0 Å². The lowest BCUT2D eigenvalue weighted by atomic mass is 10.2. The van der Waals surface area contributed by atoms with Crippen LogP contribution >= 0.6 is 11.3 Å². The van der Waals surface area contributed by atoms with E-state index in [-0.39, 0.29) is 5.97 Å². The minimum Gasteiger partial charge on any atom is -0.465 e. The maximum absolute atomic E-state index is 11.3. The van der Waals surface area contributed by atoms with Gasteiger partial charge in [-0.2, -0.15) is 0 Å². The molecule has 0 spiro atoms. The molecule has 0 radical (unpaired) electrons. The summed E-state index contributed by atoms with van der Waals surface area (Å²) in [6, 6.07) is 7.82. The van der Waals surface area contributed by atoms with Crippen LogP contribution < -0.4 is 0 Å². The molecule has 0 saturated heterocycles. The van der Waals surface area contributed by atoms with Crippen molar-refractivity contribution in [3.63, 3.8) is 0 Å². The summed E-state index contributed by atoms with van der Waals surface area (Å²) >= 11 is 1.44. The number of fused-ring (bicyclic) bond motifs is 1. The lowest BCUT2D eigenvalue weighted by Crippen LogP contribution is -1.96. The molecule has 1 aromatic heterocycles. The smallest absolute Gasteiger partial charge is 0.348 e. The fourth-order valence-corrected chi connectivity index (χ4v) is 2.41. The van der Waals surface area contributed by atoms with Crippen molar-refractivity contribution in [3.05, 3.63) is 41.3 Å². The Balaban J connectivity index is 2.55. The number of esters is 1. The van der Waals surface area contributed by atoms with Crippen LogP contribution in [0.1, 0.15) is 15.2 Å². The summed E-state index contributed by atoms with van der Waals surface area (Å²) in [6.45, 7) is 3.71. The van der Waals surface area contributed by atoms with Crippen molar-refractivity contribution in [2.45, 2.75) is 0 Å². The lowest BCUT2D eigenvalue weighted by Gasteiger charge is -1.91. The molecule has 0 fully saturated rings. The normalized spacial score (nSPS) is 10.2. The first-order valence-electron chi connectivity index (χ1n) is 4.49. The third kappa shape index (κ3) is 1.78. The largest absolute Gasteiger partial charge is 0.465 e. The summed E-state index contributed by atoms with van der Waals surface area (Å²) < 4.78 is 5.75. The Morgan fingerprint density at radius 3 is 2.93 bits per heavy atom. The SMILES string of the molecule is C=Cc1ccc2cc(C(=O)OC)sc2c1. The highest BCUT2D eigenvalue weighted by Crippen LogP contribution is 2.27. The van der Waals surface area contributed by atoms with Gasteiger partial charge in [-0.15, -0.1) is 11.3 Å². The topological polar surface area (TPSA) is 26.3 Å². The number of hydrogen-bond acceptors (Lipinski definition) is 3. The molecule has 1 heterocycles. The van der Waals surface area contributed by atoms with E-state index in [1.165, 1.54) is 18.4 Å². The Hall–Kier alpha value is -1.61. The molecule has 0 aliphatic heterocycles. The van der Waals surface area contributed by atoms with Gasteiger partial charge in [-0.3, -0.25) is 0 Å². The Bertz CT molecular complexity index is 525. The molecule has 0 amide bonds. The van der Waals surface area contributed by atoms with E-state index in [0.29, 0.717) is 4.88 Å². The number of thiophene rings is 1. The Morgan fingerprint density at radius 2 is 2.27 bits per heavy atom. The predicted molar refractivity (Wildman–Crippen MR) is 63.3 cm³/mol. The van der Waals surface area contributed by atoms with Crippen LogP contribution in [-0.4, -0.2) is 13.1 Å². The van der Waals surface area contributed by atoms with Gasteiger partial charge in [-0.05, 0) is 23.1 Å².